The predicted octanol–water partition coefficient (Wildman–Crippen LogP) is -0.197. The number of rotatable bonds is 1. The molecule has 2 aliphatic rings. The summed E-state index contributed by atoms with van der Waals surface area (Å²) in [6.45, 7) is 4.60. The molecule has 76 valence electrons. The Morgan fingerprint density at radius 2 is 1.77 bits per heavy atom. The monoisotopic (exact) mass is 202 g/mol. The van der Waals surface area contributed by atoms with Crippen LogP contribution in [0.25, 0.3) is 0 Å². The van der Waals surface area contributed by atoms with E-state index in [-0.39, 0.29) is 0 Å². The molecule has 0 radical (unpaired) electrons. The van der Waals surface area contributed by atoms with E-state index in [1.165, 1.54) is 13.1 Å². The van der Waals surface area contributed by atoms with Crippen molar-refractivity contribution in [2.24, 2.45) is 0 Å². The highest BCUT2D eigenvalue weighted by Crippen LogP contribution is 2.18. The van der Waals surface area contributed by atoms with Gasteiger partial charge in [0.2, 0.25) is 0 Å². The second-order valence-electron chi connectivity index (χ2n) is 3.87. The molecule has 0 aromatic rings. The van der Waals surface area contributed by atoms with E-state index in [1.54, 1.807) is 0 Å². The smallest absolute Gasteiger partial charge is 0.107 e. The van der Waals surface area contributed by atoms with Crippen LogP contribution in [-0.2, 0) is 11.2 Å². The summed E-state index contributed by atoms with van der Waals surface area (Å²) < 4.78 is 11.2. The van der Waals surface area contributed by atoms with Gasteiger partial charge >= 0.3 is 0 Å². The second kappa shape index (κ2) is 4.64. The van der Waals surface area contributed by atoms with Crippen molar-refractivity contribution < 1.29 is 4.55 Å². The standard InChI is InChI=1S/C9H18N2OS/c12-13-7-1-9(2-8-13)11-5-3-10-4-6-11/h9-10H,1-8H2. The summed E-state index contributed by atoms with van der Waals surface area (Å²) in [7, 11) is 0. The quantitative estimate of drug-likeness (QED) is 0.599. The van der Waals surface area contributed by atoms with E-state index in [9.17, 15) is 4.55 Å². The van der Waals surface area contributed by atoms with Crippen molar-refractivity contribution in [3.05, 3.63) is 0 Å². The van der Waals surface area contributed by atoms with Gasteiger partial charge in [-0.25, -0.2) is 0 Å². The third kappa shape index (κ3) is 2.59. The number of hydrogen-bond acceptors (Lipinski definition) is 3. The van der Waals surface area contributed by atoms with Gasteiger partial charge in [0.05, 0.1) is 0 Å². The van der Waals surface area contributed by atoms with Gasteiger partial charge < -0.3 is 9.87 Å². The zero-order valence-electron chi connectivity index (χ0n) is 8.00. The summed E-state index contributed by atoms with van der Waals surface area (Å²) in [6, 6.07) is 0.722. The van der Waals surface area contributed by atoms with Gasteiger partial charge in [0.25, 0.3) is 0 Å². The van der Waals surface area contributed by atoms with E-state index < -0.39 is 11.2 Å². The SMILES string of the molecule is [O-][S+]1CCC(N2CCNCC2)CC1. The molecule has 2 heterocycles. The van der Waals surface area contributed by atoms with Gasteiger partial charge in [-0.3, -0.25) is 4.90 Å². The molecule has 0 aromatic heterocycles. The second-order valence-corrected chi connectivity index (χ2v) is 5.56. The Labute approximate surface area is 83.1 Å². The van der Waals surface area contributed by atoms with Gasteiger partial charge in [-0.2, -0.15) is 0 Å². The highest BCUT2D eigenvalue weighted by Gasteiger charge is 2.27. The molecule has 4 heteroatoms. The summed E-state index contributed by atoms with van der Waals surface area (Å²) in [5.41, 5.74) is 0. The molecule has 2 rings (SSSR count). The maximum atomic E-state index is 11.2. The Bertz CT molecular complexity index is 154. The number of hydrogen-bond donors (Lipinski definition) is 1. The first-order chi connectivity index (χ1) is 6.36. The van der Waals surface area contributed by atoms with Gasteiger partial charge in [0.15, 0.2) is 0 Å². The van der Waals surface area contributed by atoms with E-state index in [0.717, 1.165) is 43.5 Å². The van der Waals surface area contributed by atoms with E-state index in [4.69, 9.17) is 0 Å². The maximum Gasteiger partial charge on any atom is 0.107 e. The normalized spacial score (nSPS) is 37.6. The molecular formula is C9H18N2OS. The van der Waals surface area contributed by atoms with Gasteiger partial charge in [-0.05, 0) is 0 Å². The average Bonchev–Trinajstić information content (AvgIpc) is 2.20. The van der Waals surface area contributed by atoms with Crippen molar-refractivity contribution in [2.75, 3.05) is 37.7 Å². The van der Waals surface area contributed by atoms with Gasteiger partial charge in [0, 0.05) is 45.1 Å². The molecule has 0 atom stereocenters. The molecule has 0 aromatic carbocycles. The molecule has 0 aliphatic carbocycles. The van der Waals surface area contributed by atoms with Crippen LogP contribution < -0.4 is 5.32 Å². The molecule has 1 N–H and O–H groups in total. The Morgan fingerprint density at radius 1 is 1.15 bits per heavy atom. The Hall–Kier alpha value is 0.230. The largest absolute Gasteiger partial charge is 0.616 e. The van der Waals surface area contributed by atoms with Crippen molar-refractivity contribution in [3.63, 3.8) is 0 Å². The van der Waals surface area contributed by atoms with Gasteiger partial charge in [0.1, 0.15) is 11.5 Å². The lowest BCUT2D eigenvalue weighted by atomic mass is 10.1. The molecular weight excluding hydrogens is 184 g/mol. The fraction of sp³-hybridized carbons (Fsp3) is 1.00. The number of nitrogens with one attached hydrogen (secondary N) is 1. The molecule has 3 nitrogen and oxygen atoms in total. The average molecular weight is 202 g/mol. The molecule has 2 saturated heterocycles. The first kappa shape index (κ1) is 9.77. The Balaban J connectivity index is 1.79. The van der Waals surface area contributed by atoms with Crippen LogP contribution in [0.1, 0.15) is 12.8 Å². The van der Waals surface area contributed by atoms with E-state index in [1.807, 2.05) is 0 Å². The van der Waals surface area contributed by atoms with Crippen LogP contribution in [0.5, 0.6) is 0 Å². The van der Waals surface area contributed by atoms with Crippen molar-refractivity contribution in [1.29, 1.82) is 0 Å². The van der Waals surface area contributed by atoms with Gasteiger partial charge in [-0.1, -0.05) is 11.2 Å². The molecule has 13 heavy (non-hydrogen) atoms. The molecule has 0 unspecified atom stereocenters. The lowest BCUT2D eigenvalue weighted by molar-refractivity contribution is 0.162. The molecule has 0 saturated carbocycles. The predicted molar refractivity (Wildman–Crippen MR) is 55.3 cm³/mol. The Kier molecular flexibility index (Phi) is 3.49. The highest BCUT2D eigenvalue weighted by molar-refractivity contribution is 7.91. The summed E-state index contributed by atoms with van der Waals surface area (Å²) >= 11 is -0.508. The van der Waals surface area contributed by atoms with Crippen molar-refractivity contribution in [1.82, 2.24) is 10.2 Å². The maximum absolute atomic E-state index is 11.2. The van der Waals surface area contributed by atoms with Crippen LogP contribution in [0.4, 0.5) is 0 Å². The zero-order valence-corrected chi connectivity index (χ0v) is 8.81. The van der Waals surface area contributed by atoms with Crippen molar-refractivity contribution in [3.8, 4) is 0 Å². The van der Waals surface area contributed by atoms with Crippen LogP contribution in [0, 0.1) is 0 Å². The van der Waals surface area contributed by atoms with Crippen LogP contribution in [0.15, 0.2) is 0 Å². The zero-order chi connectivity index (χ0) is 9.10. The van der Waals surface area contributed by atoms with Crippen LogP contribution in [0.2, 0.25) is 0 Å². The molecule has 0 bridgehead atoms. The van der Waals surface area contributed by atoms with E-state index in [2.05, 4.69) is 10.2 Å². The third-order valence-electron chi connectivity index (χ3n) is 3.03. The fourth-order valence-corrected chi connectivity index (χ4v) is 3.47. The molecule has 2 aliphatic heterocycles. The van der Waals surface area contributed by atoms with Gasteiger partial charge in [-0.15, -0.1) is 0 Å². The summed E-state index contributed by atoms with van der Waals surface area (Å²) in [4.78, 5) is 2.56. The van der Waals surface area contributed by atoms with Crippen LogP contribution in [-0.4, -0.2) is 53.2 Å². The highest BCUT2D eigenvalue weighted by atomic mass is 32.2. The number of nitrogens with zero attached hydrogens (tertiary/aromatic N) is 1. The topological polar surface area (TPSA) is 38.3 Å². The Morgan fingerprint density at radius 3 is 2.38 bits per heavy atom. The fourth-order valence-electron chi connectivity index (χ4n) is 2.19. The number of piperazine rings is 1. The minimum Gasteiger partial charge on any atom is -0.616 e. The van der Waals surface area contributed by atoms with Crippen LogP contribution in [0.3, 0.4) is 0 Å². The van der Waals surface area contributed by atoms with E-state index in [0.29, 0.717) is 0 Å². The summed E-state index contributed by atoms with van der Waals surface area (Å²) in [6.07, 6.45) is 2.29. The lowest BCUT2D eigenvalue weighted by Crippen LogP contribution is -2.50. The third-order valence-corrected chi connectivity index (χ3v) is 4.41. The van der Waals surface area contributed by atoms with Crippen molar-refractivity contribution >= 4 is 11.2 Å². The van der Waals surface area contributed by atoms with Crippen molar-refractivity contribution in [2.45, 2.75) is 18.9 Å². The first-order valence-electron chi connectivity index (χ1n) is 5.16. The summed E-state index contributed by atoms with van der Waals surface area (Å²) in [5.74, 6) is 1.85. The lowest BCUT2D eigenvalue weighted by Gasteiger charge is -2.37. The minimum atomic E-state index is -0.508. The van der Waals surface area contributed by atoms with E-state index >= 15 is 0 Å². The minimum absolute atomic E-state index is 0.508. The van der Waals surface area contributed by atoms with Crippen LogP contribution >= 0.6 is 0 Å². The first-order valence-corrected chi connectivity index (χ1v) is 6.65. The molecule has 0 amide bonds. The summed E-state index contributed by atoms with van der Waals surface area (Å²) in [5, 5.41) is 3.36. The molecule has 2 fully saturated rings. The molecule has 0 spiro atoms.